The van der Waals surface area contributed by atoms with E-state index < -0.39 is 0 Å². The van der Waals surface area contributed by atoms with Crippen LogP contribution in [0.4, 0.5) is 0 Å². The van der Waals surface area contributed by atoms with E-state index in [0.29, 0.717) is 0 Å². The molecule has 1 aliphatic heterocycles. The Balaban J connectivity index is 2.20. The summed E-state index contributed by atoms with van der Waals surface area (Å²) in [4.78, 5) is 0. The van der Waals surface area contributed by atoms with Crippen LogP contribution in [-0.2, 0) is 6.42 Å². The monoisotopic (exact) mass is 344 g/mol. The Morgan fingerprint density at radius 2 is 2.37 bits per heavy atom. The number of ether oxygens (including phenoxy) is 1. The van der Waals surface area contributed by atoms with Crippen molar-refractivity contribution in [1.29, 1.82) is 0 Å². The summed E-state index contributed by atoms with van der Waals surface area (Å²) in [6.07, 6.45) is 3.36. The summed E-state index contributed by atoms with van der Waals surface area (Å²) in [5.74, 6) is 7.95. The van der Waals surface area contributed by atoms with Crippen molar-refractivity contribution in [2.75, 3.05) is 12.9 Å². The number of methoxy groups -OCH3 is 1. The van der Waals surface area contributed by atoms with E-state index in [-0.39, 0.29) is 10.8 Å². The molecular weight excluding hydrogens is 324 g/mol. The van der Waals surface area contributed by atoms with Gasteiger partial charge in [0.25, 0.3) is 0 Å². The molecule has 1 aromatic carbocycles. The molecule has 0 aromatic heterocycles. The average molecular weight is 345 g/mol. The number of benzene rings is 1. The lowest BCUT2D eigenvalue weighted by atomic mass is 9.91. The summed E-state index contributed by atoms with van der Waals surface area (Å²) in [5, 5.41) is 0. The molecule has 0 amide bonds. The number of rotatable bonds is 5. The minimum Gasteiger partial charge on any atom is -0.496 e. The molecule has 1 heterocycles. The van der Waals surface area contributed by atoms with E-state index in [1.54, 1.807) is 7.11 Å². The van der Waals surface area contributed by atoms with Crippen LogP contribution in [-0.4, -0.2) is 23.7 Å². The molecule has 0 aliphatic carbocycles. The molecule has 0 spiro atoms. The standard InChI is InChI=1S/C14H21BrN2OS/c1-14(6-3-7-19-14)13(17-16)9-10-8-11(15)4-5-12(10)18-2/h4-5,8,13,17H,3,6-7,9,16H2,1-2H3. The molecule has 0 saturated carbocycles. The number of hydrogen-bond donors (Lipinski definition) is 2. The summed E-state index contributed by atoms with van der Waals surface area (Å²) < 4.78 is 6.73. The zero-order valence-electron chi connectivity index (χ0n) is 11.4. The molecule has 1 saturated heterocycles. The van der Waals surface area contributed by atoms with Crippen molar-refractivity contribution in [2.24, 2.45) is 5.84 Å². The number of halogens is 1. The van der Waals surface area contributed by atoms with E-state index >= 15 is 0 Å². The molecule has 106 valence electrons. The minimum absolute atomic E-state index is 0.210. The summed E-state index contributed by atoms with van der Waals surface area (Å²) in [6.45, 7) is 2.31. The van der Waals surface area contributed by atoms with Crippen LogP contribution in [0.1, 0.15) is 25.3 Å². The normalized spacial score (nSPS) is 24.4. The number of hydrazine groups is 1. The Bertz CT molecular complexity index is 435. The van der Waals surface area contributed by atoms with Crippen LogP contribution in [0.2, 0.25) is 0 Å². The fourth-order valence-corrected chi connectivity index (χ4v) is 4.46. The van der Waals surface area contributed by atoms with Crippen LogP contribution in [0.3, 0.4) is 0 Å². The van der Waals surface area contributed by atoms with Crippen molar-refractivity contribution in [1.82, 2.24) is 5.43 Å². The Morgan fingerprint density at radius 3 is 2.95 bits per heavy atom. The van der Waals surface area contributed by atoms with Gasteiger partial charge in [-0.3, -0.25) is 11.3 Å². The van der Waals surface area contributed by atoms with Gasteiger partial charge in [0, 0.05) is 15.3 Å². The first-order valence-corrected chi connectivity index (χ1v) is 8.29. The predicted molar refractivity (Wildman–Crippen MR) is 85.6 cm³/mol. The Labute approximate surface area is 127 Å². The molecular formula is C14H21BrN2OS. The highest BCUT2D eigenvalue weighted by Gasteiger charge is 2.37. The van der Waals surface area contributed by atoms with Crippen molar-refractivity contribution >= 4 is 27.7 Å². The maximum Gasteiger partial charge on any atom is 0.122 e. The van der Waals surface area contributed by atoms with Gasteiger partial charge in [0.05, 0.1) is 7.11 Å². The van der Waals surface area contributed by atoms with Gasteiger partial charge >= 0.3 is 0 Å². The van der Waals surface area contributed by atoms with E-state index in [1.807, 2.05) is 23.9 Å². The van der Waals surface area contributed by atoms with Gasteiger partial charge in [-0.2, -0.15) is 11.8 Å². The fourth-order valence-electron chi connectivity index (χ4n) is 2.65. The van der Waals surface area contributed by atoms with Crippen molar-refractivity contribution in [3.05, 3.63) is 28.2 Å². The minimum atomic E-state index is 0.210. The second kappa shape index (κ2) is 6.48. The second-order valence-electron chi connectivity index (χ2n) is 5.14. The first kappa shape index (κ1) is 15.2. The maximum absolute atomic E-state index is 5.80. The summed E-state index contributed by atoms with van der Waals surface area (Å²) >= 11 is 5.54. The zero-order chi connectivity index (χ0) is 13.9. The highest BCUT2D eigenvalue weighted by molar-refractivity contribution is 9.10. The van der Waals surface area contributed by atoms with Crippen LogP contribution in [0.15, 0.2) is 22.7 Å². The molecule has 2 unspecified atom stereocenters. The summed E-state index contributed by atoms with van der Waals surface area (Å²) in [7, 11) is 1.71. The molecule has 2 atom stereocenters. The first-order chi connectivity index (χ1) is 9.09. The van der Waals surface area contributed by atoms with Gasteiger partial charge in [0.15, 0.2) is 0 Å². The van der Waals surface area contributed by atoms with Gasteiger partial charge in [-0.1, -0.05) is 15.9 Å². The molecule has 0 radical (unpaired) electrons. The second-order valence-corrected chi connectivity index (χ2v) is 7.69. The number of nitrogens with one attached hydrogen (secondary N) is 1. The van der Waals surface area contributed by atoms with E-state index in [9.17, 15) is 0 Å². The lowest BCUT2D eigenvalue weighted by Gasteiger charge is -2.33. The molecule has 5 heteroatoms. The third-order valence-electron chi connectivity index (χ3n) is 3.85. The average Bonchev–Trinajstić information content (AvgIpc) is 2.84. The SMILES string of the molecule is COc1ccc(Br)cc1CC(NN)C1(C)CCCS1. The highest BCUT2D eigenvalue weighted by atomic mass is 79.9. The molecule has 3 N–H and O–H groups in total. The van der Waals surface area contributed by atoms with Crippen LogP contribution in [0, 0.1) is 0 Å². The van der Waals surface area contributed by atoms with Gasteiger partial charge in [-0.25, -0.2) is 0 Å². The topological polar surface area (TPSA) is 47.3 Å². The van der Waals surface area contributed by atoms with Crippen molar-refractivity contribution in [3.8, 4) is 5.75 Å². The lowest BCUT2D eigenvalue weighted by molar-refractivity contribution is 0.384. The van der Waals surface area contributed by atoms with Crippen molar-refractivity contribution in [3.63, 3.8) is 0 Å². The van der Waals surface area contributed by atoms with Gasteiger partial charge in [-0.05, 0) is 55.7 Å². The summed E-state index contributed by atoms with van der Waals surface area (Å²) in [6, 6.07) is 6.37. The smallest absolute Gasteiger partial charge is 0.122 e. The lowest BCUT2D eigenvalue weighted by Crippen LogP contribution is -2.50. The highest BCUT2D eigenvalue weighted by Crippen LogP contribution is 2.41. The molecule has 0 bridgehead atoms. The van der Waals surface area contributed by atoms with E-state index in [0.717, 1.165) is 16.6 Å². The van der Waals surface area contributed by atoms with Crippen LogP contribution >= 0.6 is 27.7 Å². The number of nitrogens with two attached hydrogens (primary N) is 1. The number of hydrogen-bond acceptors (Lipinski definition) is 4. The maximum atomic E-state index is 5.80. The molecule has 1 fully saturated rings. The van der Waals surface area contributed by atoms with Gasteiger partial charge in [0.1, 0.15) is 5.75 Å². The first-order valence-electron chi connectivity index (χ1n) is 6.51. The Hall–Kier alpha value is -0.230. The van der Waals surface area contributed by atoms with Crippen molar-refractivity contribution < 1.29 is 4.74 Å². The van der Waals surface area contributed by atoms with E-state index in [4.69, 9.17) is 10.6 Å². The van der Waals surface area contributed by atoms with Gasteiger partial charge in [-0.15, -0.1) is 0 Å². The third kappa shape index (κ3) is 3.45. The quantitative estimate of drug-likeness (QED) is 0.636. The molecule has 3 nitrogen and oxygen atoms in total. The third-order valence-corrected chi connectivity index (χ3v) is 5.99. The van der Waals surface area contributed by atoms with Crippen molar-refractivity contribution in [2.45, 2.75) is 37.0 Å². The predicted octanol–water partition coefficient (Wildman–Crippen LogP) is 3.12. The molecule has 2 rings (SSSR count). The number of thioether (sulfide) groups is 1. The van der Waals surface area contributed by atoms with E-state index in [2.05, 4.69) is 34.3 Å². The largest absolute Gasteiger partial charge is 0.496 e. The zero-order valence-corrected chi connectivity index (χ0v) is 13.8. The van der Waals surface area contributed by atoms with Crippen LogP contribution < -0.4 is 16.0 Å². The summed E-state index contributed by atoms with van der Waals surface area (Å²) in [5.41, 5.74) is 4.20. The van der Waals surface area contributed by atoms with Gasteiger partial charge < -0.3 is 4.74 Å². The fraction of sp³-hybridized carbons (Fsp3) is 0.571. The van der Waals surface area contributed by atoms with Gasteiger partial charge in [0.2, 0.25) is 0 Å². The Kier molecular flexibility index (Phi) is 5.17. The van der Waals surface area contributed by atoms with Crippen LogP contribution in [0.25, 0.3) is 0 Å². The molecule has 1 aliphatic rings. The van der Waals surface area contributed by atoms with Crippen LogP contribution in [0.5, 0.6) is 5.75 Å². The molecule has 19 heavy (non-hydrogen) atoms. The Morgan fingerprint density at radius 1 is 1.58 bits per heavy atom. The molecule has 1 aromatic rings. The van der Waals surface area contributed by atoms with E-state index in [1.165, 1.54) is 24.2 Å².